The quantitative estimate of drug-likeness (QED) is 0.878. The molecule has 2 atom stereocenters. The van der Waals surface area contributed by atoms with Gasteiger partial charge in [-0.2, -0.15) is 0 Å². The number of carbonyl (C=O) groups excluding carboxylic acids is 1. The Balaban J connectivity index is 2.60. The minimum absolute atomic E-state index is 0.0251. The van der Waals surface area contributed by atoms with Crippen LogP contribution in [0.5, 0.6) is 0 Å². The zero-order valence-corrected chi connectivity index (χ0v) is 11.8. The van der Waals surface area contributed by atoms with Crippen LogP contribution in [0.4, 0.5) is 0 Å². The monoisotopic (exact) mass is 298 g/mol. The number of nitrogens with one attached hydrogen (secondary N) is 1. The Labute approximate surface area is 111 Å². The molecule has 94 valence electrons. The van der Waals surface area contributed by atoms with Gasteiger partial charge in [-0.1, -0.05) is 41.4 Å². The van der Waals surface area contributed by atoms with Crippen LogP contribution in [0.2, 0.25) is 0 Å². The molecule has 1 amide bonds. The molecule has 0 aromatic heterocycles. The standard InChI is InChI=1S/C13H19BrN2O/c1-3-5-12(15)13(17)16-9(2)10-6-4-7-11(14)8-10/h4,6-9,12H,3,5,15H2,1-2H3,(H,16,17)/t9-,12+/m0/s1. The molecule has 0 saturated carbocycles. The number of hydrogen-bond acceptors (Lipinski definition) is 2. The van der Waals surface area contributed by atoms with Crippen LogP contribution in [-0.4, -0.2) is 11.9 Å². The van der Waals surface area contributed by atoms with Crippen molar-refractivity contribution in [2.24, 2.45) is 5.73 Å². The van der Waals surface area contributed by atoms with Crippen LogP contribution in [-0.2, 0) is 4.79 Å². The molecule has 1 aromatic carbocycles. The van der Waals surface area contributed by atoms with Gasteiger partial charge in [0.05, 0.1) is 12.1 Å². The van der Waals surface area contributed by atoms with Gasteiger partial charge in [0, 0.05) is 4.47 Å². The molecule has 1 aromatic rings. The molecule has 0 aliphatic heterocycles. The summed E-state index contributed by atoms with van der Waals surface area (Å²) >= 11 is 3.41. The van der Waals surface area contributed by atoms with Crippen LogP contribution < -0.4 is 11.1 Å². The zero-order valence-electron chi connectivity index (χ0n) is 10.2. The maximum Gasteiger partial charge on any atom is 0.237 e. The summed E-state index contributed by atoms with van der Waals surface area (Å²) in [6, 6.07) is 7.46. The Hall–Kier alpha value is -0.870. The lowest BCUT2D eigenvalue weighted by Crippen LogP contribution is -2.41. The van der Waals surface area contributed by atoms with E-state index in [1.54, 1.807) is 0 Å². The van der Waals surface area contributed by atoms with Crippen molar-refractivity contribution in [3.8, 4) is 0 Å². The summed E-state index contributed by atoms with van der Waals surface area (Å²) in [7, 11) is 0. The van der Waals surface area contributed by atoms with E-state index in [1.807, 2.05) is 38.1 Å². The van der Waals surface area contributed by atoms with Crippen molar-refractivity contribution in [3.05, 3.63) is 34.3 Å². The van der Waals surface area contributed by atoms with Crippen molar-refractivity contribution < 1.29 is 4.79 Å². The number of halogens is 1. The molecule has 3 N–H and O–H groups in total. The van der Waals surface area contributed by atoms with Crippen molar-refractivity contribution in [2.45, 2.75) is 38.8 Å². The third kappa shape index (κ3) is 4.48. The summed E-state index contributed by atoms with van der Waals surface area (Å²) in [6.07, 6.45) is 1.64. The van der Waals surface area contributed by atoms with E-state index >= 15 is 0 Å². The van der Waals surface area contributed by atoms with Gasteiger partial charge in [0.1, 0.15) is 0 Å². The number of rotatable bonds is 5. The van der Waals surface area contributed by atoms with E-state index in [9.17, 15) is 4.79 Å². The van der Waals surface area contributed by atoms with Crippen molar-refractivity contribution in [2.75, 3.05) is 0 Å². The smallest absolute Gasteiger partial charge is 0.237 e. The van der Waals surface area contributed by atoms with E-state index < -0.39 is 6.04 Å². The van der Waals surface area contributed by atoms with E-state index in [0.717, 1.165) is 22.9 Å². The lowest BCUT2D eigenvalue weighted by molar-refractivity contribution is -0.123. The van der Waals surface area contributed by atoms with Crippen molar-refractivity contribution in [1.29, 1.82) is 0 Å². The third-order valence-corrected chi connectivity index (χ3v) is 3.14. The number of amides is 1. The van der Waals surface area contributed by atoms with Crippen molar-refractivity contribution in [3.63, 3.8) is 0 Å². The first kappa shape index (κ1) is 14.2. The van der Waals surface area contributed by atoms with Crippen LogP contribution in [0.1, 0.15) is 38.3 Å². The average molecular weight is 299 g/mol. The Morgan fingerprint density at radius 1 is 1.53 bits per heavy atom. The summed E-state index contributed by atoms with van der Waals surface area (Å²) < 4.78 is 1.01. The first-order valence-electron chi connectivity index (χ1n) is 5.86. The van der Waals surface area contributed by atoms with Crippen LogP contribution in [0.25, 0.3) is 0 Å². The lowest BCUT2D eigenvalue weighted by Gasteiger charge is -2.17. The van der Waals surface area contributed by atoms with Gasteiger partial charge < -0.3 is 11.1 Å². The molecular weight excluding hydrogens is 280 g/mol. The van der Waals surface area contributed by atoms with Gasteiger partial charge in [0.2, 0.25) is 5.91 Å². The van der Waals surface area contributed by atoms with Crippen LogP contribution >= 0.6 is 15.9 Å². The second kappa shape index (κ2) is 6.77. The second-order valence-electron chi connectivity index (χ2n) is 4.18. The minimum Gasteiger partial charge on any atom is -0.348 e. The maximum absolute atomic E-state index is 11.8. The van der Waals surface area contributed by atoms with Crippen molar-refractivity contribution >= 4 is 21.8 Å². The highest BCUT2D eigenvalue weighted by molar-refractivity contribution is 9.10. The Morgan fingerprint density at radius 2 is 2.24 bits per heavy atom. The molecule has 0 aliphatic carbocycles. The van der Waals surface area contributed by atoms with Crippen LogP contribution in [0.3, 0.4) is 0 Å². The Bertz CT molecular complexity index is 381. The molecule has 4 heteroatoms. The molecule has 0 fully saturated rings. The van der Waals surface area contributed by atoms with Gasteiger partial charge in [0.15, 0.2) is 0 Å². The molecule has 1 rings (SSSR count). The topological polar surface area (TPSA) is 55.1 Å². The molecule has 0 radical (unpaired) electrons. The predicted octanol–water partition coefficient (Wildman–Crippen LogP) is 2.75. The fourth-order valence-electron chi connectivity index (χ4n) is 1.62. The number of hydrogen-bond donors (Lipinski definition) is 2. The molecule has 0 saturated heterocycles. The van der Waals surface area contributed by atoms with E-state index in [2.05, 4.69) is 21.2 Å². The summed E-state index contributed by atoms with van der Waals surface area (Å²) in [5.74, 6) is -0.0840. The summed E-state index contributed by atoms with van der Waals surface area (Å²) in [5.41, 5.74) is 6.83. The van der Waals surface area contributed by atoms with E-state index in [0.29, 0.717) is 0 Å². The van der Waals surface area contributed by atoms with Gasteiger partial charge in [-0.3, -0.25) is 4.79 Å². The highest BCUT2D eigenvalue weighted by Gasteiger charge is 2.15. The normalized spacial score (nSPS) is 14.1. The predicted molar refractivity (Wildman–Crippen MR) is 73.6 cm³/mol. The fraction of sp³-hybridized carbons (Fsp3) is 0.462. The van der Waals surface area contributed by atoms with Gasteiger partial charge >= 0.3 is 0 Å². The molecule has 0 heterocycles. The van der Waals surface area contributed by atoms with Gasteiger partial charge in [-0.05, 0) is 31.0 Å². The molecule has 0 aliphatic rings. The second-order valence-corrected chi connectivity index (χ2v) is 5.10. The van der Waals surface area contributed by atoms with E-state index in [4.69, 9.17) is 5.73 Å². The fourth-order valence-corrected chi connectivity index (χ4v) is 2.04. The largest absolute Gasteiger partial charge is 0.348 e. The molecule has 3 nitrogen and oxygen atoms in total. The highest BCUT2D eigenvalue weighted by Crippen LogP contribution is 2.17. The average Bonchev–Trinajstić information content (AvgIpc) is 2.29. The molecule has 0 spiro atoms. The van der Waals surface area contributed by atoms with E-state index in [1.165, 1.54) is 0 Å². The molecule has 17 heavy (non-hydrogen) atoms. The zero-order chi connectivity index (χ0) is 12.8. The van der Waals surface area contributed by atoms with E-state index in [-0.39, 0.29) is 11.9 Å². The summed E-state index contributed by atoms with van der Waals surface area (Å²) in [6.45, 7) is 3.98. The van der Waals surface area contributed by atoms with Crippen LogP contribution in [0.15, 0.2) is 28.7 Å². The van der Waals surface area contributed by atoms with Gasteiger partial charge in [0.25, 0.3) is 0 Å². The summed E-state index contributed by atoms with van der Waals surface area (Å²) in [5, 5.41) is 2.92. The van der Waals surface area contributed by atoms with Crippen molar-refractivity contribution in [1.82, 2.24) is 5.32 Å². The SMILES string of the molecule is CCC[C@@H](N)C(=O)N[C@@H](C)c1cccc(Br)c1. The number of benzene rings is 1. The maximum atomic E-state index is 11.8. The minimum atomic E-state index is -0.408. The molecule has 0 bridgehead atoms. The van der Waals surface area contributed by atoms with Gasteiger partial charge in [-0.15, -0.1) is 0 Å². The molecular formula is C13H19BrN2O. The lowest BCUT2D eigenvalue weighted by atomic mass is 10.1. The highest BCUT2D eigenvalue weighted by atomic mass is 79.9. The van der Waals surface area contributed by atoms with Crippen LogP contribution in [0, 0.1) is 0 Å². The van der Waals surface area contributed by atoms with Gasteiger partial charge in [-0.25, -0.2) is 0 Å². The number of nitrogens with two attached hydrogens (primary N) is 1. The first-order chi connectivity index (χ1) is 8.04. The molecule has 0 unspecified atom stereocenters. The Morgan fingerprint density at radius 3 is 2.82 bits per heavy atom. The summed E-state index contributed by atoms with van der Waals surface area (Å²) in [4.78, 5) is 11.8. The third-order valence-electron chi connectivity index (χ3n) is 2.64. The first-order valence-corrected chi connectivity index (χ1v) is 6.65. The Kier molecular flexibility index (Phi) is 5.65. The number of carbonyl (C=O) groups is 1.